The zero-order valence-corrected chi connectivity index (χ0v) is 11.6. The lowest BCUT2D eigenvalue weighted by molar-refractivity contribution is 0.267. The number of hydrogen-bond acceptors (Lipinski definition) is 4. The summed E-state index contributed by atoms with van der Waals surface area (Å²) < 4.78 is 5.48. The van der Waals surface area contributed by atoms with E-state index in [-0.39, 0.29) is 6.61 Å². The topological polar surface area (TPSA) is 67.5 Å². The molecule has 1 fully saturated rings. The van der Waals surface area contributed by atoms with Crippen molar-refractivity contribution in [3.63, 3.8) is 0 Å². The Morgan fingerprint density at radius 2 is 2.26 bits per heavy atom. The van der Waals surface area contributed by atoms with Crippen LogP contribution in [0.4, 0.5) is 5.69 Å². The van der Waals surface area contributed by atoms with Gasteiger partial charge in [-0.2, -0.15) is 0 Å². The lowest BCUT2D eigenvalue weighted by Gasteiger charge is -2.28. The maximum atomic E-state index is 9.39. The monoisotopic (exact) mass is 264 g/mol. The van der Waals surface area contributed by atoms with Crippen LogP contribution in [0.15, 0.2) is 18.2 Å². The summed E-state index contributed by atoms with van der Waals surface area (Å²) in [5.74, 6) is 0.760. The fourth-order valence-corrected chi connectivity index (χ4v) is 2.68. The minimum Gasteiger partial charge on any atom is -0.494 e. The van der Waals surface area contributed by atoms with Crippen LogP contribution in [0, 0.1) is 0 Å². The number of ether oxygens (including phenoxy) is 1. The van der Waals surface area contributed by atoms with Gasteiger partial charge in [-0.05, 0) is 50.8 Å². The quantitative estimate of drug-likeness (QED) is 0.763. The largest absolute Gasteiger partial charge is 0.494 e. The molecule has 0 aromatic heterocycles. The molecule has 0 bridgehead atoms. The minimum absolute atomic E-state index is 0.00493. The third-order valence-electron chi connectivity index (χ3n) is 3.62. The Labute approximate surface area is 115 Å². The highest BCUT2D eigenvalue weighted by atomic mass is 16.5. The van der Waals surface area contributed by atoms with E-state index in [1.54, 1.807) is 0 Å². The van der Waals surface area contributed by atoms with Gasteiger partial charge in [0.15, 0.2) is 0 Å². The van der Waals surface area contributed by atoms with Crippen molar-refractivity contribution in [2.75, 3.05) is 11.9 Å². The third-order valence-corrected chi connectivity index (χ3v) is 3.62. The molecule has 0 aliphatic heterocycles. The SMILES string of the molecule is CCOc1ccc(NC2CCCC(N)C2)cc1CO. The number of nitrogens with one attached hydrogen (secondary N) is 1. The van der Waals surface area contributed by atoms with Gasteiger partial charge in [0.25, 0.3) is 0 Å². The molecule has 0 spiro atoms. The van der Waals surface area contributed by atoms with Gasteiger partial charge in [-0.3, -0.25) is 0 Å². The zero-order chi connectivity index (χ0) is 13.7. The van der Waals surface area contributed by atoms with Crippen LogP contribution in [0.25, 0.3) is 0 Å². The highest BCUT2D eigenvalue weighted by Crippen LogP contribution is 2.26. The van der Waals surface area contributed by atoms with Crippen molar-refractivity contribution in [2.24, 2.45) is 5.73 Å². The molecular formula is C15H24N2O2. The second kappa shape index (κ2) is 6.78. The molecule has 106 valence electrons. The molecule has 0 amide bonds. The Balaban J connectivity index is 2.04. The maximum absolute atomic E-state index is 9.39. The first kappa shape index (κ1) is 14.2. The van der Waals surface area contributed by atoms with Crippen molar-refractivity contribution >= 4 is 5.69 Å². The van der Waals surface area contributed by atoms with E-state index in [1.165, 1.54) is 6.42 Å². The summed E-state index contributed by atoms with van der Waals surface area (Å²) in [6.45, 7) is 2.54. The molecule has 1 aromatic rings. The van der Waals surface area contributed by atoms with Gasteiger partial charge in [0.1, 0.15) is 5.75 Å². The molecule has 1 saturated carbocycles. The van der Waals surface area contributed by atoms with Crippen molar-refractivity contribution in [2.45, 2.75) is 51.3 Å². The molecule has 4 nitrogen and oxygen atoms in total. The number of anilines is 1. The van der Waals surface area contributed by atoms with Gasteiger partial charge in [0.2, 0.25) is 0 Å². The normalized spacial score (nSPS) is 23.1. The fourth-order valence-electron chi connectivity index (χ4n) is 2.68. The Morgan fingerprint density at radius 3 is 2.95 bits per heavy atom. The van der Waals surface area contributed by atoms with Gasteiger partial charge in [0.05, 0.1) is 13.2 Å². The summed E-state index contributed by atoms with van der Waals surface area (Å²) in [7, 11) is 0. The van der Waals surface area contributed by atoms with Crippen LogP contribution in [0.2, 0.25) is 0 Å². The van der Waals surface area contributed by atoms with E-state index in [2.05, 4.69) is 5.32 Å². The highest BCUT2D eigenvalue weighted by molar-refractivity contribution is 5.51. The summed E-state index contributed by atoms with van der Waals surface area (Å²) in [4.78, 5) is 0. The summed E-state index contributed by atoms with van der Waals surface area (Å²) in [6, 6.07) is 6.63. The number of nitrogens with two attached hydrogens (primary N) is 1. The fraction of sp³-hybridized carbons (Fsp3) is 0.600. The summed E-state index contributed by atoms with van der Waals surface area (Å²) in [5.41, 5.74) is 7.86. The zero-order valence-electron chi connectivity index (χ0n) is 11.6. The van der Waals surface area contributed by atoms with E-state index in [1.807, 2.05) is 25.1 Å². The number of aliphatic hydroxyl groups excluding tert-OH is 1. The molecule has 4 N–H and O–H groups in total. The third kappa shape index (κ3) is 3.85. The second-order valence-electron chi connectivity index (χ2n) is 5.18. The Hall–Kier alpha value is -1.26. The van der Waals surface area contributed by atoms with E-state index < -0.39 is 0 Å². The molecule has 2 unspecified atom stereocenters. The first-order chi connectivity index (χ1) is 9.22. The summed E-state index contributed by atoms with van der Waals surface area (Å²) in [5, 5.41) is 12.9. The van der Waals surface area contributed by atoms with E-state index in [0.29, 0.717) is 18.7 Å². The van der Waals surface area contributed by atoms with Crippen molar-refractivity contribution in [1.82, 2.24) is 0 Å². The van der Waals surface area contributed by atoms with Gasteiger partial charge in [-0.1, -0.05) is 0 Å². The van der Waals surface area contributed by atoms with Crippen molar-refractivity contribution in [3.05, 3.63) is 23.8 Å². The minimum atomic E-state index is -0.00493. The van der Waals surface area contributed by atoms with Gasteiger partial charge in [0, 0.05) is 23.3 Å². The van der Waals surface area contributed by atoms with Crippen molar-refractivity contribution < 1.29 is 9.84 Å². The van der Waals surface area contributed by atoms with Crippen LogP contribution < -0.4 is 15.8 Å². The van der Waals surface area contributed by atoms with Crippen molar-refractivity contribution in [3.8, 4) is 5.75 Å². The molecular weight excluding hydrogens is 240 g/mol. The van der Waals surface area contributed by atoms with Crippen LogP contribution in [-0.2, 0) is 6.61 Å². The average molecular weight is 264 g/mol. The van der Waals surface area contributed by atoms with Gasteiger partial charge in [-0.25, -0.2) is 0 Å². The van der Waals surface area contributed by atoms with E-state index in [4.69, 9.17) is 10.5 Å². The van der Waals surface area contributed by atoms with Crippen molar-refractivity contribution in [1.29, 1.82) is 0 Å². The lowest BCUT2D eigenvalue weighted by Crippen LogP contribution is -2.34. The van der Waals surface area contributed by atoms with Crippen LogP contribution in [0.5, 0.6) is 5.75 Å². The molecule has 19 heavy (non-hydrogen) atoms. The second-order valence-corrected chi connectivity index (χ2v) is 5.18. The van der Waals surface area contributed by atoms with Crippen LogP contribution in [-0.4, -0.2) is 23.8 Å². The Kier molecular flexibility index (Phi) is 5.05. The number of rotatable bonds is 5. The lowest BCUT2D eigenvalue weighted by atomic mass is 9.91. The average Bonchev–Trinajstić information content (AvgIpc) is 2.41. The standard InChI is InChI=1S/C15H24N2O2/c1-2-19-15-7-6-14(8-11(15)10-18)17-13-5-3-4-12(16)9-13/h6-8,12-13,17-18H,2-5,9-10,16H2,1H3. The first-order valence-corrected chi connectivity index (χ1v) is 7.11. The molecule has 0 radical (unpaired) electrons. The highest BCUT2D eigenvalue weighted by Gasteiger charge is 2.19. The van der Waals surface area contributed by atoms with Gasteiger partial charge in [-0.15, -0.1) is 0 Å². The van der Waals surface area contributed by atoms with Crippen LogP contribution in [0.3, 0.4) is 0 Å². The molecule has 1 aliphatic rings. The number of hydrogen-bond donors (Lipinski definition) is 3. The smallest absolute Gasteiger partial charge is 0.124 e. The molecule has 4 heteroatoms. The molecule has 1 aromatic carbocycles. The Morgan fingerprint density at radius 1 is 1.42 bits per heavy atom. The predicted molar refractivity (Wildman–Crippen MR) is 77.4 cm³/mol. The van der Waals surface area contributed by atoms with Crippen LogP contribution >= 0.6 is 0 Å². The van der Waals surface area contributed by atoms with Gasteiger partial charge < -0.3 is 20.9 Å². The predicted octanol–water partition coefficient (Wildman–Crippen LogP) is 2.26. The van der Waals surface area contributed by atoms with Gasteiger partial charge >= 0.3 is 0 Å². The molecule has 0 saturated heterocycles. The van der Waals surface area contributed by atoms with E-state index in [0.717, 1.165) is 36.3 Å². The Bertz CT molecular complexity index is 409. The molecule has 0 heterocycles. The number of aliphatic hydroxyl groups is 1. The summed E-state index contributed by atoms with van der Waals surface area (Å²) in [6.07, 6.45) is 4.49. The van der Waals surface area contributed by atoms with E-state index >= 15 is 0 Å². The molecule has 1 aliphatic carbocycles. The number of benzene rings is 1. The van der Waals surface area contributed by atoms with Crippen LogP contribution in [0.1, 0.15) is 38.2 Å². The van der Waals surface area contributed by atoms with E-state index in [9.17, 15) is 5.11 Å². The first-order valence-electron chi connectivity index (χ1n) is 7.11. The molecule has 2 rings (SSSR count). The molecule has 2 atom stereocenters. The maximum Gasteiger partial charge on any atom is 0.124 e. The summed E-state index contributed by atoms with van der Waals surface area (Å²) >= 11 is 0.